The first-order chi connectivity index (χ1) is 15.1. The molecule has 0 fully saturated rings. The molecule has 0 aliphatic heterocycles. The van der Waals surface area contributed by atoms with Crippen LogP contribution >= 0.6 is 23.2 Å². The molecule has 0 bridgehead atoms. The number of hydrogen-bond acceptors (Lipinski definition) is 3. The number of aryl methyl sites for hydroxylation is 2. The van der Waals surface area contributed by atoms with E-state index in [2.05, 4.69) is 5.32 Å². The number of carbonyl (C=O) groups excluding carboxylic acids is 2. The van der Waals surface area contributed by atoms with Crippen molar-refractivity contribution in [3.63, 3.8) is 0 Å². The maximum atomic E-state index is 13.3. The van der Waals surface area contributed by atoms with Crippen LogP contribution in [0.2, 0.25) is 10.0 Å². The molecule has 5 nitrogen and oxygen atoms in total. The predicted octanol–water partition coefficient (Wildman–Crippen LogP) is 5.57. The predicted molar refractivity (Wildman–Crippen MR) is 130 cm³/mol. The molecular weight excluding hydrogens is 447 g/mol. The minimum atomic E-state index is -0.626. The first-order valence-electron chi connectivity index (χ1n) is 10.8. The van der Waals surface area contributed by atoms with E-state index in [9.17, 15) is 9.59 Å². The lowest BCUT2D eigenvalue weighted by molar-refractivity contribution is -0.143. The topological polar surface area (TPSA) is 58.6 Å². The van der Waals surface area contributed by atoms with Crippen molar-refractivity contribution in [1.82, 2.24) is 10.2 Å². The summed E-state index contributed by atoms with van der Waals surface area (Å²) in [5.41, 5.74) is 2.86. The van der Waals surface area contributed by atoms with E-state index in [1.165, 1.54) is 0 Å². The first kappa shape index (κ1) is 26.0. The van der Waals surface area contributed by atoms with E-state index in [1.54, 1.807) is 23.1 Å². The van der Waals surface area contributed by atoms with Gasteiger partial charge in [-0.2, -0.15) is 0 Å². The Morgan fingerprint density at radius 2 is 1.78 bits per heavy atom. The number of hydrogen-bond donors (Lipinski definition) is 1. The summed E-state index contributed by atoms with van der Waals surface area (Å²) in [5.74, 6) is 0.503. The highest BCUT2D eigenvalue weighted by Gasteiger charge is 2.29. The SMILES string of the molecule is CCC(C(=O)NCC(C)C)N(Cc1ccc(Cl)c(Cl)c1)C(=O)COc1ccc(C)cc1C. The first-order valence-corrected chi connectivity index (χ1v) is 11.6. The highest BCUT2D eigenvalue weighted by atomic mass is 35.5. The van der Waals surface area contributed by atoms with Crippen LogP contribution < -0.4 is 10.1 Å². The molecule has 0 saturated carbocycles. The molecule has 174 valence electrons. The van der Waals surface area contributed by atoms with Gasteiger partial charge >= 0.3 is 0 Å². The molecule has 1 atom stereocenters. The number of ether oxygens (including phenoxy) is 1. The summed E-state index contributed by atoms with van der Waals surface area (Å²) < 4.78 is 5.82. The van der Waals surface area contributed by atoms with E-state index >= 15 is 0 Å². The van der Waals surface area contributed by atoms with E-state index in [-0.39, 0.29) is 25.0 Å². The maximum Gasteiger partial charge on any atom is 0.261 e. The van der Waals surface area contributed by atoms with Crippen LogP contribution in [-0.4, -0.2) is 35.9 Å². The Kier molecular flexibility index (Phi) is 9.85. The minimum absolute atomic E-state index is 0.167. The zero-order valence-electron chi connectivity index (χ0n) is 19.4. The van der Waals surface area contributed by atoms with Crippen LogP contribution in [0.25, 0.3) is 0 Å². The van der Waals surface area contributed by atoms with Gasteiger partial charge in [0.1, 0.15) is 11.8 Å². The second-order valence-corrected chi connectivity index (χ2v) is 9.21. The summed E-state index contributed by atoms with van der Waals surface area (Å²) in [7, 11) is 0. The number of nitrogens with one attached hydrogen (secondary N) is 1. The molecule has 32 heavy (non-hydrogen) atoms. The molecule has 1 unspecified atom stereocenters. The minimum Gasteiger partial charge on any atom is -0.483 e. The lowest BCUT2D eigenvalue weighted by atomic mass is 10.1. The van der Waals surface area contributed by atoms with Gasteiger partial charge in [-0.25, -0.2) is 0 Å². The van der Waals surface area contributed by atoms with Crippen LogP contribution in [0.1, 0.15) is 43.9 Å². The standard InChI is InChI=1S/C25H32Cl2N2O3/c1-6-22(25(31)28-13-16(2)3)29(14-19-8-9-20(26)21(27)12-19)24(30)15-32-23-10-7-17(4)11-18(23)5/h7-12,16,22H,6,13-15H2,1-5H3,(H,28,31). The van der Waals surface area contributed by atoms with Crippen molar-refractivity contribution in [2.75, 3.05) is 13.2 Å². The molecule has 2 aromatic rings. The fraction of sp³-hybridized carbons (Fsp3) is 0.440. The van der Waals surface area contributed by atoms with Crippen molar-refractivity contribution >= 4 is 35.0 Å². The average Bonchev–Trinajstić information content (AvgIpc) is 2.73. The Hall–Kier alpha value is -2.24. The second kappa shape index (κ2) is 12.1. The zero-order valence-corrected chi connectivity index (χ0v) is 20.9. The average molecular weight is 479 g/mol. The van der Waals surface area contributed by atoms with E-state index in [0.29, 0.717) is 34.7 Å². The molecule has 2 aromatic carbocycles. The fourth-order valence-electron chi connectivity index (χ4n) is 3.36. The lowest BCUT2D eigenvalue weighted by Crippen LogP contribution is -2.50. The van der Waals surface area contributed by atoms with E-state index < -0.39 is 6.04 Å². The molecule has 0 aliphatic rings. The monoisotopic (exact) mass is 478 g/mol. The van der Waals surface area contributed by atoms with Gasteiger partial charge in [0.15, 0.2) is 6.61 Å². The Morgan fingerprint density at radius 3 is 2.38 bits per heavy atom. The summed E-state index contributed by atoms with van der Waals surface area (Å²) in [6.45, 7) is 10.5. The maximum absolute atomic E-state index is 13.3. The molecule has 0 radical (unpaired) electrons. The van der Waals surface area contributed by atoms with Gasteiger partial charge in [-0.1, -0.05) is 67.7 Å². The number of amides is 2. The summed E-state index contributed by atoms with van der Waals surface area (Å²) in [6.07, 6.45) is 0.473. The molecule has 1 N–H and O–H groups in total. The third-order valence-corrected chi connectivity index (χ3v) is 5.83. The van der Waals surface area contributed by atoms with Gasteiger partial charge in [-0.15, -0.1) is 0 Å². The summed E-state index contributed by atoms with van der Waals surface area (Å²) in [5, 5.41) is 3.78. The van der Waals surface area contributed by atoms with Gasteiger partial charge in [0.2, 0.25) is 5.91 Å². The second-order valence-electron chi connectivity index (χ2n) is 8.39. The van der Waals surface area contributed by atoms with Gasteiger partial charge < -0.3 is 15.0 Å². The van der Waals surface area contributed by atoms with E-state index in [4.69, 9.17) is 27.9 Å². The molecule has 0 saturated heterocycles. The third-order valence-electron chi connectivity index (χ3n) is 5.09. The van der Waals surface area contributed by atoms with Crippen LogP contribution in [0.5, 0.6) is 5.75 Å². The third kappa shape index (κ3) is 7.42. The number of halogens is 2. The molecule has 7 heteroatoms. The van der Waals surface area contributed by atoms with Gasteiger partial charge in [0, 0.05) is 13.1 Å². The van der Waals surface area contributed by atoms with E-state index in [1.807, 2.05) is 52.8 Å². The molecule has 0 aromatic heterocycles. The Balaban J connectivity index is 2.24. The van der Waals surface area contributed by atoms with Crippen molar-refractivity contribution in [2.24, 2.45) is 5.92 Å². The lowest BCUT2D eigenvalue weighted by Gasteiger charge is -2.31. The molecule has 2 amide bonds. The number of nitrogens with zero attached hydrogens (tertiary/aromatic N) is 1. The van der Waals surface area contributed by atoms with Crippen molar-refractivity contribution in [3.8, 4) is 5.75 Å². The van der Waals surface area contributed by atoms with E-state index in [0.717, 1.165) is 16.7 Å². The number of rotatable bonds is 10. The summed E-state index contributed by atoms with van der Waals surface area (Å²) in [6, 6.07) is 10.4. The number of carbonyl (C=O) groups is 2. The number of benzene rings is 2. The van der Waals surface area contributed by atoms with Crippen LogP contribution in [0.4, 0.5) is 0 Å². The molecular formula is C25H32Cl2N2O3. The van der Waals surface area contributed by atoms with Crippen molar-refractivity contribution in [3.05, 3.63) is 63.1 Å². The van der Waals surface area contributed by atoms with Gasteiger partial charge in [0.25, 0.3) is 5.91 Å². The normalized spacial score (nSPS) is 11.9. The fourth-order valence-corrected chi connectivity index (χ4v) is 3.68. The van der Waals surface area contributed by atoms with Crippen LogP contribution in [0.3, 0.4) is 0 Å². The summed E-state index contributed by atoms with van der Waals surface area (Å²) >= 11 is 12.2. The Bertz CT molecular complexity index is 947. The van der Waals surface area contributed by atoms with Crippen molar-refractivity contribution in [1.29, 1.82) is 0 Å². The molecule has 0 heterocycles. The summed E-state index contributed by atoms with van der Waals surface area (Å²) in [4.78, 5) is 27.7. The highest BCUT2D eigenvalue weighted by Crippen LogP contribution is 2.24. The van der Waals surface area contributed by atoms with Gasteiger partial charge in [-0.05, 0) is 55.5 Å². The van der Waals surface area contributed by atoms with Gasteiger partial charge in [0.05, 0.1) is 10.0 Å². The quantitative estimate of drug-likeness (QED) is 0.485. The highest BCUT2D eigenvalue weighted by molar-refractivity contribution is 6.42. The van der Waals surface area contributed by atoms with Crippen molar-refractivity contribution in [2.45, 2.75) is 53.6 Å². The molecule has 0 spiro atoms. The molecule has 2 rings (SSSR count). The Labute approximate surface area is 201 Å². The zero-order chi connectivity index (χ0) is 23.8. The van der Waals surface area contributed by atoms with Crippen LogP contribution in [-0.2, 0) is 16.1 Å². The Morgan fingerprint density at radius 1 is 1.06 bits per heavy atom. The smallest absolute Gasteiger partial charge is 0.261 e. The van der Waals surface area contributed by atoms with Crippen LogP contribution in [0, 0.1) is 19.8 Å². The largest absolute Gasteiger partial charge is 0.483 e. The van der Waals surface area contributed by atoms with Gasteiger partial charge in [-0.3, -0.25) is 9.59 Å². The molecule has 0 aliphatic carbocycles. The van der Waals surface area contributed by atoms with Crippen molar-refractivity contribution < 1.29 is 14.3 Å². The van der Waals surface area contributed by atoms with Crippen LogP contribution in [0.15, 0.2) is 36.4 Å².